The SMILES string of the molecule is CC(C)(O)c1ncc(SN)s1.CC1CCc2c1nc1c(c2NC(N)=O)CCC1. The van der Waals surface area contributed by atoms with E-state index in [0.29, 0.717) is 10.9 Å². The van der Waals surface area contributed by atoms with Crippen LogP contribution in [0.4, 0.5) is 10.5 Å². The third-order valence-electron chi connectivity index (χ3n) is 5.02. The van der Waals surface area contributed by atoms with Crippen LogP contribution in [0, 0.1) is 0 Å². The van der Waals surface area contributed by atoms with Gasteiger partial charge in [0.05, 0.1) is 16.1 Å². The van der Waals surface area contributed by atoms with Crippen molar-refractivity contribution in [2.45, 2.75) is 68.6 Å². The Morgan fingerprint density at radius 1 is 1.36 bits per heavy atom. The summed E-state index contributed by atoms with van der Waals surface area (Å²) in [6.45, 7) is 5.61. The van der Waals surface area contributed by atoms with E-state index in [0.717, 1.165) is 53.9 Å². The lowest BCUT2D eigenvalue weighted by molar-refractivity contribution is 0.0783. The second kappa shape index (κ2) is 8.36. The van der Waals surface area contributed by atoms with Gasteiger partial charge in [0.2, 0.25) is 0 Å². The van der Waals surface area contributed by atoms with E-state index in [1.165, 1.54) is 33.9 Å². The van der Waals surface area contributed by atoms with E-state index < -0.39 is 11.6 Å². The number of pyridine rings is 1. The number of anilines is 1. The summed E-state index contributed by atoms with van der Waals surface area (Å²) in [4.78, 5) is 20.0. The Balaban J connectivity index is 0.000000178. The van der Waals surface area contributed by atoms with Crippen LogP contribution in [0.15, 0.2) is 10.4 Å². The summed E-state index contributed by atoms with van der Waals surface area (Å²) in [6, 6.07) is -0.466. The Hall–Kier alpha value is -1.68. The van der Waals surface area contributed by atoms with Crippen molar-refractivity contribution in [1.29, 1.82) is 0 Å². The number of hydrogen-bond donors (Lipinski definition) is 4. The van der Waals surface area contributed by atoms with Crippen molar-refractivity contribution in [2.24, 2.45) is 10.9 Å². The highest BCUT2D eigenvalue weighted by Gasteiger charge is 2.29. The molecule has 0 bridgehead atoms. The van der Waals surface area contributed by atoms with E-state index in [2.05, 4.69) is 17.2 Å². The zero-order valence-corrected chi connectivity index (χ0v) is 18.0. The Labute approximate surface area is 173 Å². The summed E-state index contributed by atoms with van der Waals surface area (Å²) in [5.41, 5.74) is 10.2. The molecular formula is C19H27N5O2S2. The molecule has 0 radical (unpaired) electrons. The first-order chi connectivity index (χ1) is 13.2. The number of amides is 2. The Kier molecular flexibility index (Phi) is 6.28. The lowest BCUT2D eigenvalue weighted by Crippen LogP contribution is -2.21. The number of rotatable bonds is 3. The summed E-state index contributed by atoms with van der Waals surface area (Å²) in [5, 5.41) is 18.3. The van der Waals surface area contributed by atoms with E-state index in [1.54, 1.807) is 20.0 Å². The molecule has 2 aliphatic carbocycles. The minimum atomic E-state index is -0.849. The summed E-state index contributed by atoms with van der Waals surface area (Å²) in [6.07, 6.45) is 6.98. The molecule has 0 spiro atoms. The molecule has 28 heavy (non-hydrogen) atoms. The van der Waals surface area contributed by atoms with Gasteiger partial charge in [-0.3, -0.25) is 10.1 Å². The van der Waals surface area contributed by atoms with Crippen molar-refractivity contribution in [3.63, 3.8) is 0 Å². The van der Waals surface area contributed by atoms with Gasteiger partial charge >= 0.3 is 6.03 Å². The maximum atomic E-state index is 11.1. The number of fused-ring (bicyclic) bond motifs is 2. The first kappa shape index (κ1) is 21.0. The van der Waals surface area contributed by atoms with E-state index in [9.17, 15) is 9.90 Å². The van der Waals surface area contributed by atoms with Gasteiger partial charge in [0.15, 0.2) is 0 Å². The number of aromatic nitrogens is 2. The largest absolute Gasteiger partial charge is 0.383 e. The second-order valence-corrected chi connectivity index (χ2v) is 9.68. The average molecular weight is 422 g/mol. The van der Waals surface area contributed by atoms with Crippen LogP contribution >= 0.6 is 23.3 Å². The number of aryl methyl sites for hydroxylation is 1. The number of thiazole rings is 1. The standard InChI is InChI=1S/C13H17N3O.C6H10N2OS2/c1-7-5-6-9-11(7)15-10-4-2-3-8(10)12(9)16-13(14)17;1-6(2,9)5-8-3-4(10-5)11-7/h7H,2-6H2,1H3,(H3,14,15,16,17);3,9H,7H2,1-2H3. The zero-order valence-electron chi connectivity index (χ0n) is 16.4. The van der Waals surface area contributed by atoms with Crippen molar-refractivity contribution in [1.82, 2.24) is 9.97 Å². The molecule has 2 aromatic heterocycles. The predicted molar refractivity (Wildman–Crippen MR) is 114 cm³/mol. The number of primary amides is 1. The summed E-state index contributed by atoms with van der Waals surface area (Å²) in [7, 11) is 0. The molecule has 0 aliphatic heterocycles. The minimum absolute atomic E-state index is 0.466. The minimum Gasteiger partial charge on any atom is -0.383 e. The van der Waals surface area contributed by atoms with Crippen LogP contribution < -0.4 is 16.2 Å². The first-order valence-electron chi connectivity index (χ1n) is 9.37. The van der Waals surface area contributed by atoms with Gasteiger partial charge in [-0.05, 0) is 74.9 Å². The molecule has 6 N–H and O–H groups in total. The molecule has 0 aromatic carbocycles. The van der Waals surface area contributed by atoms with Crippen molar-refractivity contribution in [3.8, 4) is 0 Å². The topological polar surface area (TPSA) is 127 Å². The van der Waals surface area contributed by atoms with Gasteiger partial charge in [-0.25, -0.2) is 9.78 Å². The van der Waals surface area contributed by atoms with Crippen LogP contribution in [0.1, 0.15) is 67.1 Å². The van der Waals surface area contributed by atoms with Crippen molar-refractivity contribution >= 4 is 35.0 Å². The normalized spacial score (nSPS) is 17.5. The van der Waals surface area contributed by atoms with Gasteiger partial charge in [0.25, 0.3) is 0 Å². The highest BCUT2D eigenvalue weighted by Crippen LogP contribution is 2.41. The molecule has 9 heteroatoms. The van der Waals surface area contributed by atoms with Crippen LogP contribution in [0.5, 0.6) is 0 Å². The summed E-state index contributed by atoms with van der Waals surface area (Å²) in [5.74, 6) is 0.504. The Bertz CT molecular complexity index is 876. The monoisotopic (exact) mass is 421 g/mol. The quantitative estimate of drug-likeness (QED) is 0.562. The number of carbonyl (C=O) groups excluding carboxylic acids is 1. The number of carbonyl (C=O) groups is 1. The summed E-state index contributed by atoms with van der Waals surface area (Å²) < 4.78 is 0.919. The van der Waals surface area contributed by atoms with E-state index in [4.69, 9.17) is 15.9 Å². The molecule has 0 fully saturated rings. The number of nitrogens with one attached hydrogen (secondary N) is 1. The van der Waals surface area contributed by atoms with Gasteiger partial charge in [-0.15, -0.1) is 11.3 Å². The maximum absolute atomic E-state index is 11.1. The van der Waals surface area contributed by atoms with Crippen LogP contribution in [-0.4, -0.2) is 21.1 Å². The van der Waals surface area contributed by atoms with Gasteiger partial charge < -0.3 is 16.2 Å². The van der Waals surface area contributed by atoms with Crippen molar-refractivity contribution in [3.05, 3.63) is 33.7 Å². The molecule has 152 valence electrons. The van der Waals surface area contributed by atoms with Crippen molar-refractivity contribution < 1.29 is 9.90 Å². The molecule has 2 aliphatic rings. The second-order valence-electron chi connectivity index (χ2n) is 7.72. The predicted octanol–water partition coefficient (Wildman–Crippen LogP) is 3.45. The lowest BCUT2D eigenvalue weighted by Gasteiger charge is -2.14. The molecule has 7 nitrogen and oxygen atoms in total. The molecule has 1 unspecified atom stereocenters. The third kappa shape index (κ3) is 4.48. The molecule has 2 amide bonds. The Morgan fingerprint density at radius 2 is 2.11 bits per heavy atom. The number of hydrogen-bond acceptors (Lipinski definition) is 7. The molecular weight excluding hydrogens is 394 g/mol. The van der Waals surface area contributed by atoms with Crippen LogP contribution in [0.2, 0.25) is 0 Å². The fraction of sp³-hybridized carbons (Fsp3) is 0.526. The van der Waals surface area contributed by atoms with E-state index in [-0.39, 0.29) is 0 Å². The molecule has 0 saturated heterocycles. The first-order valence-corrected chi connectivity index (χ1v) is 11.1. The molecule has 2 aromatic rings. The fourth-order valence-electron chi connectivity index (χ4n) is 3.67. The lowest BCUT2D eigenvalue weighted by atomic mass is 10.0. The molecule has 1 atom stereocenters. The van der Waals surface area contributed by atoms with Gasteiger partial charge in [-0.1, -0.05) is 6.92 Å². The number of aliphatic hydroxyl groups is 1. The third-order valence-corrected chi connectivity index (χ3v) is 7.00. The highest BCUT2D eigenvalue weighted by molar-refractivity contribution is 7.99. The van der Waals surface area contributed by atoms with Crippen molar-refractivity contribution in [2.75, 3.05) is 5.32 Å². The average Bonchev–Trinajstić information content (AvgIpc) is 3.34. The van der Waals surface area contributed by atoms with Gasteiger partial charge in [0, 0.05) is 11.4 Å². The highest BCUT2D eigenvalue weighted by atomic mass is 32.2. The fourth-order valence-corrected chi connectivity index (χ4v) is 4.87. The van der Waals surface area contributed by atoms with Crippen LogP contribution in [0.25, 0.3) is 0 Å². The van der Waals surface area contributed by atoms with Crippen LogP contribution in [-0.2, 0) is 24.9 Å². The van der Waals surface area contributed by atoms with Gasteiger partial charge in [-0.2, -0.15) is 0 Å². The maximum Gasteiger partial charge on any atom is 0.316 e. The number of urea groups is 1. The summed E-state index contributed by atoms with van der Waals surface area (Å²) >= 11 is 2.57. The number of nitrogens with two attached hydrogens (primary N) is 2. The van der Waals surface area contributed by atoms with Crippen LogP contribution in [0.3, 0.4) is 0 Å². The van der Waals surface area contributed by atoms with E-state index in [1.807, 2.05) is 0 Å². The number of nitrogens with zero attached hydrogens (tertiary/aromatic N) is 2. The Morgan fingerprint density at radius 3 is 2.68 bits per heavy atom. The van der Waals surface area contributed by atoms with Gasteiger partial charge in [0.1, 0.15) is 10.6 Å². The molecule has 2 heterocycles. The molecule has 0 saturated carbocycles. The zero-order chi connectivity index (χ0) is 20.5. The smallest absolute Gasteiger partial charge is 0.316 e. The van der Waals surface area contributed by atoms with E-state index >= 15 is 0 Å². The molecule has 4 rings (SSSR count).